The van der Waals surface area contributed by atoms with E-state index in [0.29, 0.717) is 19.5 Å². The van der Waals surface area contributed by atoms with Gasteiger partial charge in [-0.05, 0) is 43.6 Å². The number of rotatable bonds is 4. The van der Waals surface area contributed by atoms with Crippen molar-refractivity contribution in [2.45, 2.75) is 24.4 Å². The Labute approximate surface area is 165 Å². The number of para-hydroxylation sites is 1. The average molecular weight is 379 g/mol. The molecule has 2 heterocycles. The molecular formula is C22H25N3O3. The second kappa shape index (κ2) is 7.64. The number of carbonyl (C=O) groups excluding carboxylic acids is 2. The SMILES string of the molecule is COC(=O)C(c1ccccc1)N1CN(c2ccccc2)C2(CCNCC2)C1=O. The van der Waals surface area contributed by atoms with Crippen molar-refractivity contribution >= 4 is 17.6 Å². The van der Waals surface area contributed by atoms with Crippen molar-refractivity contribution in [3.05, 3.63) is 66.2 Å². The van der Waals surface area contributed by atoms with Gasteiger partial charge in [0.25, 0.3) is 5.91 Å². The van der Waals surface area contributed by atoms with E-state index in [1.54, 1.807) is 4.90 Å². The fraction of sp³-hybridized carbons (Fsp3) is 0.364. The van der Waals surface area contributed by atoms with Gasteiger partial charge in [0.2, 0.25) is 0 Å². The molecule has 2 aromatic rings. The molecule has 6 nitrogen and oxygen atoms in total. The molecule has 1 spiro atoms. The summed E-state index contributed by atoms with van der Waals surface area (Å²) >= 11 is 0. The molecule has 1 atom stereocenters. The highest BCUT2D eigenvalue weighted by atomic mass is 16.5. The number of piperidine rings is 1. The van der Waals surface area contributed by atoms with Gasteiger partial charge in [0, 0.05) is 5.69 Å². The van der Waals surface area contributed by atoms with E-state index in [0.717, 1.165) is 24.3 Å². The lowest BCUT2D eigenvalue weighted by atomic mass is 9.86. The Bertz CT molecular complexity index is 835. The van der Waals surface area contributed by atoms with Crippen molar-refractivity contribution < 1.29 is 14.3 Å². The Morgan fingerprint density at radius 2 is 1.64 bits per heavy atom. The first-order valence-corrected chi connectivity index (χ1v) is 9.65. The summed E-state index contributed by atoms with van der Waals surface area (Å²) in [6.07, 6.45) is 1.42. The molecule has 4 rings (SSSR count). The van der Waals surface area contributed by atoms with E-state index >= 15 is 0 Å². The Hall–Kier alpha value is -2.86. The molecule has 1 N–H and O–H groups in total. The minimum atomic E-state index is -0.751. The fourth-order valence-corrected chi connectivity index (χ4v) is 4.38. The van der Waals surface area contributed by atoms with Crippen molar-refractivity contribution in [2.24, 2.45) is 0 Å². The van der Waals surface area contributed by atoms with Crippen LogP contribution in [0.4, 0.5) is 5.69 Å². The van der Waals surface area contributed by atoms with Crippen molar-refractivity contribution in [3.8, 4) is 0 Å². The quantitative estimate of drug-likeness (QED) is 0.827. The lowest BCUT2D eigenvalue weighted by molar-refractivity contribution is -0.152. The van der Waals surface area contributed by atoms with Gasteiger partial charge in [-0.3, -0.25) is 4.79 Å². The molecule has 2 aromatic carbocycles. The molecule has 0 saturated carbocycles. The molecule has 2 fully saturated rings. The highest BCUT2D eigenvalue weighted by Gasteiger charge is 2.55. The third kappa shape index (κ3) is 3.03. The zero-order chi connectivity index (χ0) is 19.6. The van der Waals surface area contributed by atoms with Gasteiger partial charge in [0.1, 0.15) is 5.54 Å². The Morgan fingerprint density at radius 3 is 2.25 bits per heavy atom. The van der Waals surface area contributed by atoms with Crippen LogP contribution >= 0.6 is 0 Å². The third-order valence-electron chi connectivity index (χ3n) is 5.82. The molecule has 2 aliphatic rings. The van der Waals surface area contributed by atoms with Crippen LogP contribution in [0.3, 0.4) is 0 Å². The molecule has 28 heavy (non-hydrogen) atoms. The lowest BCUT2D eigenvalue weighted by Gasteiger charge is -2.40. The molecule has 1 amide bonds. The van der Waals surface area contributed by atoms with Gasteiger partial charge in [-0.15, -0.1) is 0 Å². The summed E-state index contributed by atoms with van der Waals surface area (Å²) < 4.78 is 5.08. The van der Waals surface area contributed by atoms with Crippen LogP contribution in [0, 0.1) is 0 Å². The minimum absolute atomic E-state index is 0.00268. The topological polar surface area (TPSA) is 61.9 Å². The van der Waals surface area contributed by atoms with Gasteiger partial charge in [0.05, 0.1) is 13.8 Å². The van der Waals surface area contributed by atoms with Crippen LogP contribution in [-0.2, 0) is 14.3 Å². The maximum absolute atomic E-state index is 13.7. The highest BCUT2D eigenvalue weighted by molar-refractivity contribution is 5.96. The number of nitrogens with zero attached hydrogens (tertiary/aromatic N) is 2. The van der Waals surface area contributed by atoms with Crippen LogP contribution in [0.1, 0.15) is 24.4 Å². The molecule has 6 heteroatoms. The van der Waals surface area contributed by atoms with E-state index < -0.39 is 17.6 Å². The van der Waals surface area contributed by atoms with Crippen LogP contribution in [0.25, 0.3) is 0 Å². The summed E-state index contributed by atoms with van der Waals surface area (Å²) in [5.41, 5.74) is 1.13. The molecule has 2 aliphatic heterocycles. The number of carbonyl (C=O) groups is 2. The number of amides is 1. The normalized spacial score (nSPS) is 19.7. The second-order valence-electron chi connectivity index (χ2n) is 7.30. The largest absolute Gasteiger partial charge is 0.467 e. The Morgan fingerprint density at radius 1 is 1.04 bits per heavy atom. The van der Waals surface area contributed by atoms with E-state index in [2.05, 4.69) is 10.2 Å². The smallest absolute Gasteiger partial charge is 0.333 e. The predicted molar refractivity (Wildman–Crippen MR) is 107 cm³/mol. The number of nitrogens with one attached hydrogen (secondary N) is 1. The minimum Gasteiger partial charge on any atom is -0.467 e. The molecule has 0 bridgehead atoms. The van der Waals surface area contributed by atoms with Crippen LogP contribution in [0.15, 0.2) is 60.7 Å². The number of esters is 1. The van der Waals surface area contributed by atoms with E-state index in [9.17, 15) is 9.59 Å². The summed E-state index contributed by atoms with van der Waals surface area (Å²) in [6.45, 7) is 1.91. The molecule has 2 saturated heterocycles. The zero-order valence-electron chi connectivity index (χ0n) is 16.0. The summed E-state index contributed by atoms with van der Waals surface area (Å²) in [6, 6.07) is 18.6. The molecule has 0 aliphatic carbocycles. The van der Waals surface area contributed by atoms with Crippen molar-refractivity contribution in [1.29, 1.82) is 0 Å². The standard InChI is InChI=1S/C22H25N3O3/c1-28-20(26)19(17-8-4-2-5-9-17)24-16-25(18-10-6-3-7-11-18)22(21(24)27)12-14-23-15-13-22/h2-11,19,23H,12-16H2,1H3. The summed E-state index contributed by atoms with van der Waals surface area (Å²) in [5.74, 6) is -0.421. The van der Waals surface area contributed by atoms with E-state index in [4.69, 9.17) is 4.74 Å². The summed E-state index contributed by atoms with van der Waals surface area (Å²) in [7, 11) is 1.37. The summed E-state index contributed by atoms with van der Waals surface area (Å²) in [5, 5.41) is 3.35. The maximum atomic E-state index is 13.7. The first-order chi connectivity index (χ1) is 13.7. The van der Waals surface area contributed by atoms with Gasteiger partial charge in [0.15, 0.2) is 6.04 Å². The van der Waals surface area contributed by atoms with Crippen molar-refractivity contribution in [1.82, 2.24) is 10.2 Å². The van der Waals surface area contributed by atoms with Crippen LogP contribution in [-0.4, -0.2) is 49.2 Å². The average Bonchev–Trinajstić information content (AvgIpc) is 3.02. The molecule has 0 radical (unpaired) electrons. The van der Waals surface area contributed by atoms with Gasteiger partial charge >= 0.3 is 5.97 Å². The van der Waals surface area contributed by atoms with E-state index in [1.165, 1.54) is 7.11 Å². The first-order valence-electron chi connectivity index (χ1n) is 9.65. The third-order valence-corrected chi connectivity index (χ3v) is 5.82. The molecule has 146 valence electrons. The van der Waals surface area contributed by atoms with Gasteiger partial charge in [-0.2, -0.15) is 0 Å². The number of hydrogen-bond acceptors (Lipinski definition) is 5. The van der Waals surface area contributed by atoms with Crippen molar-refractivity contribution in [2.75, 3.05) is 31.8 Å². The van der Waals surface area contributed by atoms with Crippen LogP contribution < -0.4 is 10.2 Å². The Kier molecular flexibility index (Phi) is 5.05. The number of ether oxygens (including phenoxy) is 1. The summed E-state index contributed by atoms with van der Waals surface area (Å²) in [4.78, 5) is 30.3. The van der Waals surface area contributed by atoms with Gasteiger partial charge in [-0.25, -0.2) is 4.79 Å². The second-order valence-corrected chi connectivity index (χ2v) is 7.30. The molecule has 0 aromatic heterocycles. The first kappa shape index (κ1) is 18.5. The van der Waals surface area contributed by atoms with Crippen LogP contribution in [0.5, 0.6) is 0 Å². The molecule has 1 unspecified atom stereocenters. The van der Waals surface area contributed by atoms with Gasteiger partial charge in [-0.1, -0.05) is 48.5 Å². The monoisotopic (exact) mass is 379 g/mol. The number of methoxy groups -OCH3 is 1. The number of benzene rings is 2. The number of hydrogen-bond donors (Lipinski definition) is 1. The van der Waals surface area contributed by atoms with Crippen molar-refractivity contribution in [3.63, 3.8) is 0 Å². The molecular weight excluding hydrogens is 354 g/mol. The number of anilines is 1. The Balaban J connectivity index is 1.77. The van der Waals surface area contributed by atoms with E-state index in [-0.39, 0.29) is 5.91 Å². The van der Waals surface area contributed by atoms with E-state index in [1.807, 2.05) is 60.7 Å². The zero-order valence-corrected chi connectivity index (χ0v) is 16.0. The van der Waals surface area contributed by atoms with Crippen LogP contribution in [0.2, 0.25) is 0 Å². The predicted octanol–water partition coefficient (Wildman–Crippen LogP) is 2.33. The fourth-order valence-electron chi connectivity index (χ4n) is 4.38. The van der Waals surface area contributed by atoms with Gasteiger partial charge < -0.3 is 19.9 Å². The highest BCUT2D eigenvalue weighted by Crippen LogP contribution is 2.41. The lowest BCUT2D eigenvalue weighted by Crippen LogP contribution is -2.55. The maximum Gasteiger partial charge on any atom is 0.333 e.